The molecule has 0 fully saturated rings. The van der Waals surface area contributed by atoms with Crippen LogP contribution in [0.15, 0.2) is 23.0 Å². The van der Waals surface area contributed by atoms with Gasteiger partial charge in [0, 0.05) is 13.1 Å². The van der Waals surface area contributed by atoms with Crippen LogP contribution in [0, 0.1) is 6.92 Å². The van der Waals surface area contributed by atoms with E-state index in [2.05, 4.69) is 17.0 Å². The maximum atomic E-state index is 13.1. The van der Waals surface area contributed by atoms with Crippen LogP contribution in [0.3, 0.4) is 0 Å². The molecule has 0 saturated heterocycles. The Kier molecular flexibility index (Phi) is 7.31. The number of ether oxygens (including phenoxy) is 2. The van der Waals surface area contributed by atoms with Crippen molar-refractivity contribution in [3.63, 3.8) is 0 Å². The number of aliphatic carboxylic acids is 1. The van der Waals surface area contributed by atoms with E-state index in [-0.39, 0.29) is 25.1 Å². The van der Waals surface area contributed by atoms with Crippen molar-refractivity contribution in [3.05, 3.63) is 45.1 Å². The van der Waals surface area contributed by atoms with Gasteiger partial charge in [-0.25, -0.2) is 9.78 Å². The van der Waals surface area contributed by atoms with Crippen LogP contribution in [0.25, 0.3) is 11.0 Å². The zero-order valence-electron chi connectivity index (χ0n) is 19.5. The second-order valence-electron chi connectivity index (χ2n) is 8.07. The van der Waals surface area contributed by atoms with E-state index in [4.69, 9.17) is 21.1 Å². The lowest BCUT2D eigenvalue weighted by Crippen LogP contribution is -2.40. The molecule has 10 heteroatoms. The van der Waals surface area contributed by atoms with Crippen LogP contribution in [0.5, 0.6) is 11.5 Å². The number of fused-ring (bicyclic) bond motifs is 1. The summed E-state index contributed by atoms with van der Waals surface area (Å²) in [6, 6.07) is 4.73. The number of hydrogen-bond donors (Lipinski definition) is 1. The monoisotopic (exact) mass is 476 g/mol. The van der Waals surface area contributed by atoms with Crippen LogP contribution < -0.4 is 15.0 Å². The van der Waals surface area contributed by atoms with E-state index < -0.39 is 11.6 Å². The number of carboxylic acids is 1. The topological polar surface area (TPSA) is 108 Å². The van der Waals surface area contributed by atoms with Gasteiger partial charge < -0.3 is 14.6 Å². The third kappa shape index (κ3) is 4.98. The van der Waals surface area contributed by atoms with Crippen LogP contribution in [0.4, 0.5) is 0 Å². The van der Waals surface area contributed by atoms with Gasteiger partial charge in [0.15, 0.2) is 5.52 Å². The lowest BCUT2D eigenvalue weighted by atomic mass is 10.0. The number of nitrogens with zero attached hydrogens (tertiary/aromatic N) is 4. The molecule has 1 N–H and O–H groups in total. The average Bonchev–Trinajstić information content (AvgIpc) is 3.07. The Morgan fingerprint density at radius 3 is 2.67 bits per heavy atom. The van der Waals surface area contributed by atoms with Gasteiger partial charge >= 0.3 is 5.97 Å². The second kappa shape index (κ2) is 9.82. The molecular weight excluding hydrogens is 448 g/mol. The van der Waals surface area contributed by atoms with Crippen LogP contribution >= 0.6 is 11.6 Å². The molecule has 0 radical (unpaired) electrons. The summed E-state index contributed by atoms with van der Waals surface area (Å²) in [4.78, 5) is 29.3. The summed E-state index contributed by atoms with van der Waals surface area (Å²) in [5.41, 5.74) is 0.384. The molecule has 0 saturated carbocycles. The van der Waals surface area contributed by atoms with Gasteiger partial charge in [-0.15, -0.1) is 0 Å². The van der Waals surface area contributed by atoms with Crippen molar-refractivity contribution >= 4 is 28.6 Å². The zero-order valence-corrected chi connectivity index (χ0v) is 20.3. The molecule has 0 bridgehead atoms. The summed E-state index contributed by atoms with van der Waals surface area (Å²) in [5, 5.41) is 14.2. The Balaban J connectivity index is 1.80. The minimum atomic E-state index is -1.36. The zero-order chi connectivity index (χ0) is 24.3. The highest BCUT2D eigenvalue weighted by Gasteiger charge is 2.33. The summed E-state index contributed by atoms with van der Waals surface area (Å²) in [6.45, 7) is 7.49. The molecule has 3 rings (SSSR count). The maximum Gasteiger partial charge on any atom is 0.347 e. The van der Waals surface area contributed by atoms with Crippen molar-refractivity contribution in [2.45, 2.75) is 59.1 Å². The van der Waals surface area contributed by atoms with Crippen LogP contribution in [0.2, 0.25) is 5.02 Å². The summed E-state index contributed by atoms with van der Waals surface area (Å²) in [5.74, 6) is 0.182. The first-order valence-electron chi connectivity index (χ1n) is 10.9. The summed E-state index contributed by atoms with van der Waals surface area (Å²) >= 11 is 6.25. The third-order valence-corrected chi connectivity index (χ3v) is 5.95. The first-order valence-corrected chi connectivity index (χ1v) is 11.3. The van der Waals surface area contributed by atoms with Crippen LogP contribution in [-0.4, -0.2) is 42.6 Å². The van der Waals surface area contributed by atoms with E-state index in [0.717, 1.165) is 18.5 Å². The van der Waals surface area contributed by atoms with Gasteiger partial charge in [-0.3, -0.25) is 14.0 Å². The molecule has 178 valence electrons. The normalized spacial score (nSPS) is 13.2. The molecule has 33 heavy (non-hydrogen) atoms. The van der Waals surface area contributed by atoms with Crippen molar-refractivity contribution in [1.82, 2.24) is 19.3 Å². The first-order chi connectivity index (χ1) is 15.6. The van der Waals surface area contributed by atoms with Crippen LogP contribution in [0.1, 0.15) is 45.1 Å². The van der Waals surface area contributed by atoms with Gasteiger partial charge in [-0.1, -0.05) is 31.9 Å². The fourth-order valence-corrected chi connectivity index (χ4v) is 3.69. The van der Waals surface area contributed by atoms with Gasteiger partial charge in [0.1, 0.15) is 29.4 Å². The Bertz CT molecular complexity index is 1240. The summed E-state index contributed by atoms with van der Waals surface area (Å²) < 4.78 is 14.6. The van der Waals surface area contributed by atoms with E-state index in [1.54, 1.807) is 48.3 Å². The summed E-state index contributed by atoms with van der Waals surface area (Å²) in [7, 11) is 1.74. The minimum absolute atomic E-state index is 0.154. The molecule has 2 heterocycles. The standard InChI is InChI=1S/C23H29ClN4O5/c1-6-8-17-19-20(27(5)26-17)21(29)28(14(3)25-19)11-12-32-18-13-15(9-10-16(18)24)33-23(4,7-2)22(30)31/h9-10,13H,6-8,11-12H2,1-5H3,(H,30,31)/t23-/m1/s1. The molecule has 0 aliphatic rings. The fraction of sp³-hybridized carbons (Fsp3) is 0.478. The fourth-order valence-electron chi connectivity index (χ4n) is 3.52. The quantitative estimate of drug-likeness (QED) is 0.474. The van der Waals surface area contributed by atoms with Gasteiger partial charge in [0.2, 0.25) is 5.60 Å². The number of benzene rings is 1. The highest BCUT2D eigenvalue weighted by molar-refractivity contribution is 6.32. The SMILES string of the molecule is CCCc1nn(C)c2c(=O)n(CCOc3cc(O[C@](C)(CC)C(=O)O)ccc3Cl)c(C)nc12. The molecule has 0 aliphatic carbocycles. The van der Waals surface area contributed by atoms with Crippen molar-refractivity contribution in [2.24, 2.45) is 7.05 Å². The predicted molar refractivity (Wildman–Crippen MR) is 125 cm³/mol. The predicted octanol–water partition coefficient (Wildman–Crippen LogP) is 3.76. The molecule has 2 aromatic heterocycles. The van der Waals surface area contributed by atoms with Crippen molar-refractivity contribution < 1.29 is 19.4 Å². The Labute approximate surface area is 196 Å². The number of carbonyl (C=O) groups is 1. The van der Waals surface area contributed by atoms with E-state index in [1.165, 1.54) is 6.92 Å². The molecule has 9 nitrogen and oxygen atoms in total. The summed E-state index contributed by atoms with van der Waals surface area (Å²) in [6.07, 6.45) is 1.95. The molecular formula is C23H29ClN4O5. The van der Waals surface area contributed by atoms with Gasteiger partial charge in [-0.05, 0) is 38.8 Å². The number of aromatic nitrogens is 4. The number of carboxylic acid groups (broad SMARTS) is 1. The van der Waals surface area contributed by atoms with E-state index in [0.29, 0.717) is 33.4 Å². The number of aryl methyl sites for hydroxylation is 3. The van der Waals surface area contributed by atoms with E-state index in [1.807, 2.05) is 0 Å². The van der Waals surface area contributed by atoms with Gasteiger partial charge in [0.05, 0.1) is 17.3 Å². The van der Waals surface area contributed by atoms with Crippen molar-refractivity contribution in [2.75, 3.05) is 6.61 Å². The number of rotatable bonds is 10. The highest BCUT2D eigenvalue weighted by atomic mass is 35.5. The molecule has 1 atom stereocenters. The Morgan fingerprint density at radius 1 is 1.30 bits per heavy atom. The molecule has 0 amide bonds. The lowest BCUT2D eigenvalue weighted by molar-refractivity contribution is -0.154. The smallest absolute Gasteiger partial charge is 0.347 e. The number of halogens is 1. The second-order valence-corrected chi connectivity index (χ2v) is 8.47. The Hall–Kier alpha value is -3.07. The molecule has 0 aliphatic heterocycles. The molecule has 1 aromatic carbocycles. The first kappa shape index (κ1) is 24.6. The average molecular weight is 477 g/mol. The largest absolute Gasteiger partial charge is 0.490 e. The van der Waals surface area contributed by atoms with Gasteiger partial charge in [-0.2, -0.15) is 5.10 Å². The van der Waals surface area contributed by atoms with Crippen molar-refractivity contribution in [1.29, 1.82) is 0 Å². The lowest BCUT2D eigenvalue weighted by Gasteiger charge is -2.25. The molecule has 0 unspecified atom stereocenters. The molecule has 0 spiro atoms. The van der Waals surface area contributed by atoms with E-state index in [9.17, 15) is 14.7 Å². The van der Waals surface area contributed by atoms with Crippen LogP contribution in [-0.2, 0) is 24.8 Å². The van der Waals surface area contributed by atoms with Gasteiger partial charge in [0.25, 0.3) is 5.56 Å². The highest BCUT2D eigenvalue weighted by Crippen LogP contribution is 2.31. The van der Waals surface area contributed by atoms with E-state index >= 15 is 0 Å². The Morgan fingerprint density at radius 2 is 2.03 bits per heavy atom. The number of hydrogen-bond acceptors (Lipinski definition) is 6. The van der Waals surface area contributed by atoms with Crippen molar-refractivity contribution in [3.8, 4) is 11.5 Å². The molecule has 3 aromatic rings. The minimum Gasteiger partial charge on any atom is -0.490 e. The maximum absolute atomic E-state index is 13.1. The third-order valence-electron chi connectivity index (χ3n) is 5.64.